The van der Waals surface area contributed by atoms with Crippen molar-refractivity contribution < 1.29 is 23.9 Å². The van der Waals surface area contributed by atoms with Crippen LogP contribution >= 0.6 is 0 Å². The minimum absolute atomic E-state index is 0.0000868. The molecule has 1 heterocycles. The molecule has 0 spiro atoms. The molecule has 1 saturated heterocycles. The van der Waals surface area contributed by atoms with Crippen molar-refractivity contribution in [2.24, 2.45) is 34.5 Å². The van der Waals surface area contributed by atoms with Crippen molar-refractivity contribution in [3.05, 3.63) is 11.6 Å². The number of rotatable bonds is 5. The van der Waals surface area contributed by atoms with Crippen molar-refractivity contribution in [1.29, 1.82) is 0 Å². The zero-order chi connectivity index (χ0) is 23.1. The first-order valence-corrected chi connectivity index (χ1v) is 12.7. The second-order valence-electron chi connectivity index (χ2n) is 11.8. The van der Waals surface area contributed by atoms with Gasteiger partial charge in [0.1, 0.15) is 6.10 Å². The maximum atomic E-state index is 13.3. The predicted molar refractivity (Wildman–Crippen MR) is 120 cm³/mol. The number of hydrogen-bond acceptors (Lipinski definition) is 5. The van der Waals surface area contributed by atoms with Gasteiger partial charge in [0.25, 0.3) is 0 Å². The number of unbranched alkanes of at least 4 members (excludes halogenated alkanes) is 1. The molecule has 3 saturated carbocycles. The minimum atomic E-state index is -1.04. The fourth-order valence-electron chi connectivity index (χ4n) is 8.73. The average molecular weight is 443 g/mol. The lowest BCUT2D eigenvalue weighted by Gasteiger charge is -2.58. The number of epoxide rings is 1. The third-order valence-electron chi connectivity index (χ3n) is 10.3. The van der Waals surface area contributed by atoms with Gasteiger partial charge < -0.3 is 9.47 Å². The van der Waals surface area contributed by atoms with Crippen molar-refractivity contribution in [3.63, 3.8) is 0 Å². The molecule has 0 amide bonds. The molecule has 32 heavy (non-hydrogen) atoms. The van der Waals surface area contributed by atoms with E-state index in [4.69, 9.17) is 9.47 Å². The second kappa shape index (κ2) is 7.25. The Kier molecular flexibility index (Phi) is 5.06. The van der Waals surface area contributed by atoms with Gasteiger partial charge in [0.15, 0.2) is 17.2 Å². The van der Waals surface area contributed by atoms with E-state index in [0.717, 1.165) is 38.5 Å². The van der Waals surface area contributed by atoms with Gasteiger partial charge >= 0.3 is 5.97 Å². The van der Waals surface area contributed by atoms with Gasteiger partial charge in [0, 0.05) is 24.2 Å². The van der Waals surface area contributed by atoms with Crippen LogP contribution in [-0.4, -0.2) is 35.3 Å². The molecule has 5 aliphatic rings. The van der Waals surface area contributed by atoms with Crippen molar-refractivity contribution >= 4 is 17.5 Å². The topological polar surface area (TPSA) is 73.0 Å². The molecule has 0 aromatic rings. The molecule has 0 aromatic heterocycles. The number of carbonyl (C=O) groups is 3. The van der Waals surface area contributed by atoms with E-state index in [9.17, 15) is 14.4 Å². The molecule has 9 atom stereocenters. The first kappa shape index (κ1) is 22.3. The summed E-state index contributed by atoms with van der Waals surface area (Å²) in [5.41, 5.74) is -0.198. The zero-order valence-electron chi connectivity index (χ0n) is 20.2. The number of esters is 1. The van der Waals surface area contributed by atoms with Gasteiger partial charge in [-0.1, -0.05) is 34.1 Å². The molecule has 0 aromatic carbocycles. The third kappa shape index (κ3) is 2.75. The highest BCUT2D eigenvalue weighted by Crippen LogP contribution is 2.72. The number of carbonyl (C=O) groups excluding carboxylic acids is 3. The second-order valence-corrected chi connectivity index (χ2v) is 11.8. The molecular weight excluding hydrogens is 404 g/mol. The summed E-state index contributed by atoms with van der Waals surface area (Å²) in [6.07, 6.45) is 8.43. The van der Waals surface area contributed by atoms with Gasteiger partial charge in [0.2, 0.25) is 0 Å². The summed E-state index contributed by atoms with van der Waals surface area (Å²) in [6.45, 7) is 10.3. The lowest BCUT2D eigenvalue weighted by atomic mass is 9.46. The Hall–Kier alpha value is -1.49. The van der Waals surface area contributed by atoms with Crippen LogP contribution < -0.4 is 0 Å². The largest absolute Gasteiger partial charge is 0.450 e. The SMILES string of the molecule is CCCCC(=O)O[C@]1(C(C)=O)[C@@H](C)C[C@H]2[C@@H]3[C@@H]4O[C@@H]4C4=CC(=O)CC[C@]4(C)[C@H]3CC[C@@]21C. The van der Waals surface area contributed by atoms with E-state index in [-0.39, 0.29) is 52.4 Å². The van der Waals surface area contributed by atoms with E-state index in [1.54, 1.807) is 6.92 Å². The first-order chi connectivity index (χ1) is 15.1. The van der Waals surface area contributed by atoms with Gasteiger partial charge in [-0.15, -0.1) is 0 Å². The van der Waals surface area contributed by atoms with E-state index in [2.05, 4.69) is 27.7 Å². The highest BCUT2D eigenvalue weighted by atomic mass is 16.6. The van der Waals surface area contributed by atoms with Crippen LogP contribution in [0.4, 0.5) is 0 Å². The summed E-state index contributed by atoms with van der Waals surface area (Å²) in [4.78, 5) is 38.3. The van der Waals surface area contributed by atoms with E-state index in [1.165, 1.54) is 5.57 Å². The minimum Gasteiger partial charge on any atom is -0.450 e. The first-order valence-electron chi connectivity index (χ1n) is 12.7. The van der Waals surface area contributed by atoms with Crippen LogP contribution in [0.1, 0.15) is 86.0 Å². The summed E-state index contributed by atoms with van der Waals surface area (Å²) in [5.74, 6) is 1.08. The third-order valence-corrected chi connectivity index (χ3v) is 10.3. The Bertz CT molecular complexity index is 890. The highest BCUT2D eigenvalue weighted by Gasteiger charge is 2.75. The zero-order valence-corrected chi connectivity index (χ0v) is 20.2. The summed E-state index contributed by atoms with van der Waals surface area (Å²) >= 11 is 0. The Morgan fingerprint density at radius 2 is 1.97 bits per heavy atom. The number of hydrogen-bond donors (Lipinski definition) is 0. The smallest absolute Gasteiger partial charge is 0.306 e. The van der Waals surface area contributed by atoms with Crippen molar-refractivity contribution in [2.75, 3.05) is 0 Å². The molecule has 1 aliphatic heterocycles. The van der Waals surface area contributed by atoms with Crippen molar-refractivity contribution in [2.45, 2.75) is 104 Å². The van der Waals surface area contributed by atoms with Crippen LogP contribution in [0.2, 0.25) is 0 Å². The fourth-order valence-corrected chi connectivity index (χ4v) is 8.73. The van der Waals surface area contributed by atoms with Crippen LogP contribution in [0.25, 0.3) is 0 Å². The van der Waals surface area contributed by atoms with Crippen LogP contribution in [0, 0.1) is 34.5 Å². The summed E-state index contributed by atoms with van der Waals surface area (Å²) < 4.78 is 12.5. The highest BCUT2D eigenvalue weighted by molar-refractivity contribution is 5.92. The number of Topliss-reactive ketones (excluding diaryl/α,β-unsaturated/α-hetero) is 1. The normalized spacial score (nSPS) is 48.7. The van der Waals surface area contributed by atoms with Gasteiger partial charge in [-0.3, -0.25) is 14.4 Å². The Balaban J connectivity index is 1.52. The lowest BCUT2D eigenvalue weighted by Crippen LogP contribution is -2.61. The molecule has 0 unspecified atom stereocenters. The lowest BCUT2D eigenvalue weighted by molar-refractivity contribution is -0.194. The Labute approximate surface area is 191 Å². The van der Waals surface area contributed by atoms with E-state index < -0.39 is 5.60 Å². The molecule has 5 rings (SSSR count). The van der Waals surface area contributed by atoms with Crippen molar-refractivity contribution in [3.8, 4) is 0 Å². The molecule has 4 fully saturated rings. The molecule has 5 nitrogen and oxygen atoms in total. The van der Waals surface area contributed by atoms with Crippen LogP contribution in [0.5, 0.6) is 0 Å². The van der Waals surface area contributed by atoms with E-state index in [0.29, 0.717) is 24.7 Å². The Morgan fingerprint density at radius 1 is 1.22 bits per heavy atom. The summed E-state index contributed by atoms with van der Waals surface area (Å²) in [7, 11) is 0. The number of ether oxygens (including phenoxy) is 2. The predicted octanol–water partition coefficient (Wildman–Crippen LogP) is 4.81. The molecule has 0 N–H and O–H groups in total. The summed E-state index contributed by atoms with van der Waals surface area (Å²) in [5, 5.41) is 0. The number of ketones is 2. The molecule has 4 aliphatic carbocycles. The Morgan fingerprint density at radius 3 is 2.66 bits per heavy atom. The number of fused-ring (bicyclic) bond motifs is 8. The van der Waals surface area contributed by atoms with Crippen LogP contribution in [-0.2, 0) is 23.9 Å². The molecule has 0 radical (unpaired) electrons. The maximum absolute atomic E-state index is 13.3. The average Bonchev–Trinajstić information content (AvgIpc) is 3.49. The van der Waals surface area contributed by atoms with Gasteiger partial charge in [0.05, 0.1) is 6.10 Å². The maximum Gasteiger partial charge on any atom is 0.306 e. The fraction of sp³-hybridized carbons (Fsp3) is 0.815. The van der Waals surface area contributed by atoms with E-state index >= 15 is 0 Å². The molecule has 0 bridgehead atoms. The molecule has 5 heteroatoms. The standard InChI is InChI=1S/C27H38O5/c1-6-7-8-21(30)32-27(16(3)28)15(2)13-19-22-18(10-12-26(19,27)5)25(4)11-9-17(29)14-20(25)23-24(22)31-23/h14-15,18-19,22-24H,6-13H2,1-5H3/t15-,18-,19-,22+,23+,24-,25+,26-,27-/m0/s1. The monoisotopic (exact) mass is 442 g/mol. The van der Waals surface area contributed by atoms with Gasteiger partial charge in [-0.05, 0) is 73.8 Å². The van der Waals surface area contributed by atoms with Crippen LogP contribution in [0.3, 0.4) is 0 Å². The van der Waals surface area contributed by atoms with E-state index in [1.807, 2.05) is 6.08 Å². The molecule has 176 valence electrons. The van der Waals surface area contributed by atoms with Gasteiger partial charge in [-0.25, -0.2) is 0 Å². The molecular formula is C27H38O5. The van der Waals surface area contributed by atoms with Crippen molar-refractivity contribution in [1.82, 2.24) is 0 Å². The quantitative estimate of drug-likeness (QED) is 0.451. The van der Waals surface area contributed by atoms with Crippen LogP contribution in [0.15, 0.2) is 11.6 Å². The summed E-state index contributed by atoms with van der Waals surface area (Å²) in [6, 6.07) is 0. The van der Waals surface area contributed by atoms with Gasteiger partial charge in [-0.2, -0.15) is 0 Å².